The van der Waals surface area contributed by atoms with Gasteiger partial charge in [0.2, 0.25) is 0 Å². The third-order valence-corrected chi connectivity index (χ3v) is 4.08. The van der Waals surface area contributed by atoms with E-state index in [4.69, 9.17) is 4.42 Å². The highest BCUT2D eigenvalue weighted by molar-refractivity contribution is 7.17. The van der Waals surface area contributed by atoms with Crippen LogP contribution < -0.4 is 5.32 Å². The van der Waals surface area contributed by atoms with Crippen LogP contribution in [0.1, 0.15) is 24.3 Å². The van der Waals surface area contributed by atoms with Gasteiger partial charge < -0.3 is 9.73 Å². The first-order valence-electron chi connectivity index (χ1n) is 6.42. The zero-order chi connectivity index (χ0) is 13.1. The number of furan rings is 1. The van der Waals surface area contributed by atoms with Crippen LogP contribution in [0, 0.1) is 0 Å². The minimum Gasteiger partial charge on any atom is -0.469 e. The summed E-state index contributed by atoms with van der Waals surface area (Å²) >= 11 is 1.74. The van der Waals surface area contributed by atoms with E-state index in [1.807, 2.05) is 18.3 Å². The van der Waals surface area contributed by atoms with Gasteiger partial charge in [-0.1, -0.05) is 0 Å². The number of aromatic nitrogens is 1. The van der Waals surface area contributed by atoms with Crippen molar-refractivity contribution in [2.75, 3.05) is 6.54 Å². The third-order valence-electron chi connectivity index (χ3n) is 3.23. The van der Waals surface area contributed by atoms with Gasteiger partial charge in [-0.2, -0.15) is 0 Å². The molecule has 1 N–H and O–H groups in total. The molecule has 19 heavy (non-hydrogen) atoms. The summed E-state index contributed by atoms with van der Waals surface area (Å²) in [6, 6.07) is 8.50. The first-order valence-corrected chi connectivity index (χ1v) is 7.30. The molecular weight excluding hydrogens is 256 g/mol. The van der Waals surface area contributed by atoms with Gasteiger partial charge in [0.25, 0.3) is 0 Å². The maximum absolute atomic E-state index is 5.32. The van der Waals surface area contributed by atoms with E-state index < -0.39 is 0 Å². The van der Waals surface area contributed by atoms with Gasteiger partial charge in [-0.15, -0.1) is 11.3 Å². The quantitative estimate of drug-likeness (QED) is 0.768. The highest BCUT2D eigenvalue weighted by atomic mass is 32.1. The molecule has 3 rings (SSSR count). The molecular formula is C15H16N2OS. The molecule has 3 aromatic heterocycles. The Morgan fingerprint density at radius 1 is 1.42 bits per heavy atom. The fourth-order valence-corrected chi connectivity index (χ4v) is 2.87. The molecule has 98 valence electrons. The molecule has 0 saturated heterocycles. The molecule has 4 heteroatoms. The first kappa shape index (κ1) is 12.4. The van der Waals surface area contributed by atoms with Crippen LogP contribution in [0.25, 0.3) is 10.2 Å². The molecule has 0 amide bonds. The van der Waals surface area contributed by atoms with Crippen molar-refractivity contribution in [3.63, 3.8) is 0 Å². The average molecular weight is 272 g/mol. The van der Waals surface area contributed by atoms with Gasteiger partial charge in [-0.3, -0.25) is 4.98 Å². The van der Waals surface area contributed by atoms with Crippen molar-refractivity contribution in [2.45, 2.75) is 19.4 Å². The van der Waals surface area contributed by atoms with E-state index >= 15 is 0 Å². The number of thiophene rings is 1. The van der Waals surface area contributed by atoms with Gasteiger partial charge in [0, 0.05) is 25.2 Å². The van der Waals surface area contributed by atoms with E-state index in [-0.39, 0.29) is 0 Å². The second kappa shape index (κ2) is 5.55. The van der Waals surface area contributed by atoms with E-state index in [0.717, 1.165) is 24.2 Å². The Bertz CT molecular complexity index is 645. The molecule has 3 heterocycles. The van der Waals surface area contributed by atoms with Crippen molar-refractivity contribution in [3.05, 3.63) is 53.4 Å². The lowest BCUT2D eigenvalue weighted by molar-refractivity contribution is 0.486. The minimum absolute atomic E-state index is 0.300. The van der Waals surface area contributed by atoms with E-state index in [1.165, 1.54) is 10.3 Å². The van der Waals surface area contributed by atoms with Gasteiger partial charge >= 0.3 is 0 Å². The molecule has 0 aliphatic carbocycles. The van der Waals surface area contributed by atoms with Crippen LogP contribution in [-0.2, 0) is 6.42 Å². The SMILES string of the molecule is CC(NCCc1ccco1)c1cnc2ccsc2c1. The maximum atomic E-state index is 5.32. The van der Waals surface area contributed by atoms with Crippen LogP contribution in [0.15, 0.2) is 46.5 Å². The summed E-state index contributed by atoms with van der Waals surface area (Å²) in [6.45, 7) is 3.07. The number of nitrogens with zero attached hydrogens (tertiary/aromatic N) is 1. The largest absolute Gasteiger partial charge is 0.469 e. The third kappa shape index (κ3) is 2.85. The Hall–Kier alpha value is -1.65. The summed E-state index contributed by atoms with van der Waals surface area (Å²) in [5.41, 5.74) is 2.31. The molecule has 0 bridgehead atoms. The predicted octanol–water partition coefficient (Wildman–Crippen LogP) is 3.78. The van der Waals surface area contributed by atoms with Crippen LogP contribution in [0.2, 0.25) is 0 Å². The normalized spacial score (nSPS) is 12.9. The molecule has 0 radical (unpaired) electrons. The van der Waals surface area contributed by atoms with Crippen molar-refractivity contribution in [3.8, 4) is 0 Å². The van der Waals surface area contributed by atoms with Gasteiger partial charge in [0.15, 0.2) is 0 Å². The Morgan fingerprint density at radius 3 is 3.21 bits per heavy atom. The second-order valence-electron chi connectivity index (χ2n) is 4.58. The smallest absolute Gasteiger partial charge is 0.105 e. The minimum atomic E-state index is 0.300. The molecule has 0 saturated carbocycles. The molecule has 3 aromatic rings. The summed E-state index contributed by atoms with van der Waals surface area (Å²) in [5.74, 6) is 1.02. The van der Waals surface area contributed by atoms with E-state index in [2.05, 4.69) is 34.7 Å². The van der Waals surface area contributed by atoms with Crippen LogP contribution in [0.3, 0.4) is 0 Å². The number of rotatable bonds is 5. The maximum Gasteiger partial charge on any atom is 0.105 e. The molecule has 1 unspecified atom stereocenters. The number of fused-ring (bicyclic) bond motifs is 1. The fourth-order valence-electron chi connectivity index (χ4n) is 2.08. The monoisotopic (exact) mass is 272 g/mol. The molecule has 0 aromatic carbocycles. The number of nitrogens with one attached hydrogen (secondary N) is 1. The summed E-state index contributed by atoms with van der Waals surface area (Å²) in [7, 11) is 0. The fraction of sp³-hybridized carbons (Fsp3) is 0.267. The van der Waals surface area contributed by atoms with Crippen molar-refractivity contribution in [2.24, 2.45) is 0 Å². The summed E-state index contributed by atoms with van der Waals surface area (Å²) in [6.07, 6.45) is 4.58. The van der Waals surface area contributed by atoms with Crippen LogP contribution >= 0.6 is 11.3 Å². The van der Waals surface area contributed by atoms with Crippen LogP contribution in [0.5, 0.6) is 0 Å². The van der Waals surface area contributed by atoms with E-state index in [1.54, 1.807) is 17.6 Å². The van der Waals surface area contributed by atoms with Gasteiger partial charge in [-0.05, 0) is 42.1 Å². The number of hydrogen-bond donors (Lipinski definition) is 1. The first-order chi connectivity index (χ1) is 9.33. The van der Waals surface area contributed by atoms with Crippen molar-refractivity contribution in [1.82, 2.24) is 10.3 Å². The molecule has 0 spiro atoms. The van der Waals surface area contributed by atoms with Gasteiger partial charge in [0.05, 0.1) is 16.5 Å². The molecule has 0 aliphatic heterocycles. The van der Waals surface area contributed by atoms with Crippen molar-refractivity contribution >= 4 is 21.6 Å². The van der Waals surface area contributed by atoms with E-state index in [9.17, 15) is 0 Å². The Morgan fingerprint density at radius 2 is 2.37 bits per heavy atom. The number of pyridine rings is 1. The Labute approximate surface area is 116 Å². The topological polar surface area (TPSA) is 38.1 Å². The van der Waals surface area contributed by atoms with Gasteiger partial charge in [0.1, 0.15) is 5.76 Å². The van der Waals surface area contributed by atoms with Crippen molar-refractivity contribution in [1.29, 1.82) is 0 Å². The van der Waals surface area contributed by atoms with Crippen molar-refractivity contribution < 1.29 is 4.42 Å². The standard InChI is InChI=1S/C15H16N2OS/c1-11(16-6-4-13-3-2-7-18-13)12-9-15-14(17-10-12)5-8-19-15/h2-3,5,7-11,16H,4,6H2,1H3. The second-order valence-corrected chi connectivity index (χ2v) is 5.53. The highest BCUT2D eigenvalue weighted by Crippen LogP contribution is 2.22. The van der Waals surface area contributed by atoms with Crippen LogP contribution in [0.4, 0.5) is 0 Å². The van der Waals surface area contributed by atoms with E-state index in [0.29, 0.717) is 6.04 Å². The molecule has 1 atom stereocenters. The Balaban J connectivity index is 1.61. The summed E-state index contributed by atoms with van der Waals surface area (Å²) in [4.78, 5) is 4.47. The average Bonchev–Trinajstić information content (AvgIpc) is 3.08. The lowest BCUT2D eigenvalue weighted by Gasteiger charge is -2.13. The van der Waals surface area contributed by atoms with Crippen LogP contribution in [-0.4, -0.2) is 11.5 Å². The molecule has 0 fully saturated rings. The highest BCUT2D eigenvalue weighted by Gasteiger charge is 2.07. The zero-order valence-corrected chi connectivity index (χ0v) is 11.6. The molecule has 0 aliphatic rings. The molecule has 3 nitrogen and oxygen atoms in total. The lowest BCUT2D eigenvalue weighted by Crippen LogP contribution is -2.21. The van der Waals surface area contributed by atoms with Gasteiger partial charge in [-0.25, -0.2) is 0 Å². The zero-order valence-electron chi connectivity index (χ0n) is 10.8. The lowest BCUT2D eigenvalue weighted by atomic mass is 10.1. The Kier molecular flexibility index (Phi) is 3.62. The summed E-state index contributed by atoms with van der Waals surface area (Å²) in [5, 5.41) is 5.58. The number of hydrogen-bond acceptors (Lipinski definition) is 4. The predicted molar refractivity (Wildman–Crippen MR) is 78.4 cm³/mol. The summed E-state index contributed by atoms with van der Waals surface area (Å²) < 4.78 is 6.56.